The van der Waals surface area contributed by atoms with Crippen LogP contribution in [0.3, 0.4) is 0 Å². The van der Waals surface area contributed by atoms with Gasteiger partial charge < -0.3 is 0 Å². The molecule has 0 unspecified atom stereocenters. The Morgan fingerprint density at radius 1 is 0.600 bits per heavy atom. The van der Waals surface area contributed by atoms with E-state index in [1.807, 2.05) is 0 Å². The van der Waals surface area contributed by atoms with E-state index >= 15 is 0 Å². The molecule has 8 heteroatoms. The summed E-state index contributed by atoms with van der Waals surface area (Å²) in [5, 5.41) is 0. The first-order valence-electron chi connectivity index (χ1n) is 5.08. The number of hydrogen-bond donors (Lipinski definition) is 0. The Hall–Kier alpha value is -1.86. The second-order valence-electron chi connectivity index (χ2n) is 4.00. The van der Waals surface area contributed by atoms with E-state index in [1.165, 1.54) is 0 Å². The number of halogens is 8. The highest BCUT2D eigenvalue weighted by atomic mass is 19.3. The van der Waals surface area contributed by atoms with Crippen LogP contribution in [0.4, 0.5) is 35.1 Å². The van der Waals surface area contributed by atoms with Crippen LogP contribution in [0.1, 0.15) is 0 Å². The third kappa shape index (κ3) is 2.08. The van der Waals surface area contributed by atoms with Gasteiger partial charge in [0.25, 0.3) is 0 Å². The van der Waals surface area contributed by atoms with Gasteiger partial charge in [-0.1, -0.05) is 0 Å². The Balaban J connectivity index is 2.63. The molecule has 0 saturated carbocycles. The fourth-order valence-electron chi connectivity index (χ4n) is 1.61. The maximum absolute atomic E-state index is 13.4. The Labute approximate surface area is 107 Å². The van der Waals surface area contributed by atoms with Crippen molar-refractivity contribution in [2.45, 2.75) is 11.8 Å². The molecule has 0 aromatic carbocycles. The standard InChI is InChI=1S/C12H4F8/c13-7-5(1-3-11(17,18)9(7)15)6-2-4-12(19,20)10(16)8(6)14/h1-4H/b6-5+. The van der Waals surface area contributed by atoms with Gasteiger partial charge in [-0.05, 0) is 24.3 Å². The highest BCUT2D eigenvalue weighted by Crippen LogP contribution is 2.43. The molecule has 0 saturated heterocycles. The largest absolute Gasteiger partial charge is 0.320 e. The minimum absolute atomic E-state index is 0.0838. The van der Waals surface area contributed by atoms with E-state index in [1.54, 1.807) is 0 Å². The van der Waals surface area contributed by atoms with Crippen LogP contribution in [-0.2, 0) is 0 Å². The van der Waals surface area contributed by atoms with Gasteiger partial charge in [-0.3, -0.25) is 0 Å². The lowest BCUT2D eigenvalue weighted by Crippen LogP contribution is -2.20. The highest BCUT2D eigenvalue weighted by molar-refractivity contribution is 5.58. The van der Waals surface area contributed by atoms with Crippen molar-refractivity contribution in [2.75, 3.05) is 0 Å². The van der Waals surface area contributed by atoms with Gasteiger partial charge in [0.1, 0.15) is 0 Å². The summed E-state index contributed by atoms with van der Waals surface area (Å²) in [7, 11) is 0. The summed E-state index contributed by atoms with van der Waals surface area (Å²) in [6, 6.07) is 0. The lowest BCUT2D eigenvalue weighted by molar-refractivity contribution is 0.0632. The molecule has 0 N–H and O–H groups in total. The maximum atomic E-state index is 13.4. The Morgan fingerprint density at radius 3 is 1.20 bits per heavy atom. The van der Waals surface area contributed by atoms with Crippen LogP contribution in [-0.4, -0.2) is 11.8 Å². The first-order chi connectivity index (χ1) is 9.08. The molecule has 0 radical (unpaired) electrons. The number of hydrogen-bond acceptors (Lipinski definition) is 0. The molecule has 0 bridgehead atoms. The molecule has 0 aromatic heterocycles. The predicted molar refractivity (Wildman–Crippen MR) is 53.7 cm³/mol. The third-order valence-electron chi connectivity index (χ3n) is 2.65. The molecule has 20 heavy (non-hydrogen) atoms. The van der Waals surface area contributed by atoms with E-state index in [0.29, 0.717) is 12.2 Å². The summed E-state index contributed by atoms with van der Waals surface area (Å²) in [5.74, 6) is -17.7. The maximum Gasteiger partial charge on any atom is 0.320 e. The Bertz CT molecular complexity index is 561. The van der Waals surface area contributed by atoms with Gasteiger partial charge in [0.2, 0.25) is 11.7 Å². The minimum Gasteiger partial charge on any atom is -0.203 e. The molecule has 0 spiro atoms. The van der Waals surface area contributed by atoms with E-state index in [-0.39, 0.29) is 12.2 Å². The van der Waals surface area contributed by atoms with E-state index in [9.17, 15) is 35.1 Å². The lowest BCUT2D eigenvalue weighted by atomic mass is 9.94. The van der Waals surface area contributed by atoms with Crippen LogP contribution >= 0.6 is 0 Å². The average Bonchev–Trinajstić information content (AvgIpc) is 2.36. The predicted octanol–water partition coefficient (Wildman–Crippen LogP) is 4.99. The second kappa shape index (κ2) is 4.32. The van der Waals surface area contributed by atoms with E-state index in [0.717, 1.165) is 0 Å². The first-order valence-corrected chi connectivity index (χ1v) is 5.08. The number of rotatable bonds is 0. The number of allylic oxidation sites excluding steroid dienone is 10. The van der Waals surface area contributed by atoms with E-state index in [4.69, 9.17) is 0 Å². The van der Waals surface area contributed by atoms with Crippen LogP contribution < -0.4 is 0 Å². The zero-order chi connectivity index (χ0) is 15.3. The molecule has 108 valence electrons. The topological polar surface area (TPSA) is 0 Å². The molecule has 0 atom stereocenters. The van der Waals surface area contributed by atoms with Gasteiger partial charge in [-0.15, -0.1) is 0 Å². The summed E-state index contributed by atoms with van der Waals surface area (Å²) in [6.45, 7) is 0. The van der Waals surface area contributed by atoms with Crippen molar-refractivity contribution in [1.82, 2.24) is 0 Å². The van der Waals surface area contributed by atoms with Gasteiger partial charge in [0.15, 0.2) is 11.7 Å². The summed E-state index contributed by atoms with van der Waals surface area (Å²) in [4.78, 5) is 0. The van der Waals surface area contributed by atoms with Crippen molar-refractivity contribution in [3.05, 3.63) is 58.8 Å². The Morgan fingerprint density at radius 2 is 0.900 bits per heavy atom. The fraction of sp³-hybridized carbons (Fsp3) is 0.167. The molecule has 2 rings (SSSR count). The lowest BCUT2D eigenvalue weighted by Gasteiger charge is -2.20. The second-order valence-corrected chi connectivity index (χ2v) is 4.00. The molecule has 0 amide bonds. The van der Waals surface area contributed by atoms with Crippen LogP contribution in [0.25, 0.3) is 0 Å². The van der Waals surface area contributed by atoms with Gasteiger partial charge in [0, 0.05) is 11.1 Å². The van der Waals surface area contributed by atoms with Crippen molar-refractivity contribution in [3.63, 3.8) is 0 Å². The monoisotopic (exact) mass is 300 g/mol. The zero-order valence-electron chi connectivity index (χ0n) is 9.33. The molecule has 2 aliphatic carbocycles. The van der Waals surface area contributed by atoms with Gasteiger partial charge in [-0.2, -0.15) is 17.6 Å². The summed E-state index contributed by atoms with van der Waals surface area (Å²) in [6.07, 6.45) is 0.432. The van der Waals surface area contributed by atoms with Crippen molar-refractivity contribution in [1.29, 1.82) is 0 Å². The highest BCUT2D eigenvalue weighted by Gasteiger charge is 2.43. The van der Waals surface area contributed by atoms with E-state index < -0.39 is 46.3 Å². The molecule has 0 fully saturated rings. The number of alkyl halides is 4. The van der Waals surface area contributed by atoms with Crippen molar-refractivity contribution >= 4 is 0 Å². The molecule has 0 aromatic rings. The van der Waals surface area contributed by atoms with Crippen LogP contribution in [0.5, 0.6) is 0 Å². The minimum atomic E-state index is -4.23. The van der Waals surface area contributed by atoms with Crippen LogP contribution in [0.2, 0.25) is 0 Å². The smallest absolute Gasteiger partial charge is 0.203 e. The molecular formula is C12H4F8. The fourth-order valence-corrected chi connectivity index (χ4v) is 1.61. The SMILES string of the molecule is FC1=C(F)C(F)(F)C=C/C1=C1/C=CC(F)(F)C(F)=C1F. The summed E-state index contributed by atoms with van der Waals surface area (Å²) >= 11 is 0. The first kappa shape index (κ1) is 14.5. The van der Waals surface area contributed by atoms with Crippen LogP contribution in [0.15, 0.2) is 58.8 Å². The third-order valence-corrected chi connectivity index (χ3v) is 2.65. The van der Waals surface area contributed by atoms with Crippen molar-refractivity contribution in [2.24, 2.45) is 0 Å². The van der Waals surface area contributed by atoms with Gasteiger partial charge in [-0.25, -0.2) is 17.6 Å². The quantitative estimate of drug-likeness (QED) is 0.553. The molecule has 0 nitrogen and oxygen atoms in total. The molecule has 0 aliphatic heterocycles. The summed E-state index contributed by atoms with van der Waals surface area (Å²) < 4.78 is 104. The van der Waals surface area contributed by atoms with Crippen LogP contribution in [0, 0.1) is 0 Å². The van der Waals surface area contributed by atoms with Gasteiger partial charge in [0.05, 0.1) is 0 Å². The van der Waals surface area contributed by atoms with Crippen molar-refractivity contribution < 1.29 is 35.1 Å². The van der Waals surface area contributed by atoms with Crippen molar-refractivity contribution in [3.8, 4) is 0 Å². The molecule has 0 heterocycles. The summed E-state index contributed by atoms with van der Waals surface area (Å²) in [5.41, 5.74) is -2.15. The average molecular weight is 300 g/mol. The molecule has 2 aliphatic rings. The normalized spacial score (nSPS) is 28.4. The Kier molecular flexibility index (Phi) is 3.14. The van der Waals surface area contributed by atoms with E-state index in [2.05, 4.69) is 0 Å². The molecular weight excluding hydrogens is 296 g/mol. The van der Waals surface area contributed by atoms with Gasteiger partial charge >= 0.3 is 11.8 Å². The zero-order valence-corrected chi connectivity index (χ0v) is 9.33.